The predicted octanol–water partition coefficient (Wildman–Crippen LogP) is 2.34. The first-order valence-electron chi connectivity index (χ1n) is 7.79. The molecule has 116 valence electrons. The summed E-state index contributed by atoms with van der Waals surface area (Å²) in [4.78, 5) is 12.1. The van der Waals surface area contributed by atoms with E-state index in [4.69, 9.17) is 4.74 Å². The van der Waals surface area contributed by atoms with Gasteiger partial charge in [-0.25, -0.2) is 0 Å². The molecule has 0 saturated heterocycles. The summed E-state index contributed by atoms with van der Waals surface area (Å²) < 4.78 is 5.74. The number of aryl methyl sites for hydroxylation is 1. The van der Waals surface area contributed by atoms with Gasteiger partial charge in [0.2, 0.25) is 0 Å². The Morgan fingerprint density at radius 1 is 1.45 bits per heavy atom. The number of carbonyl (C=O) groups excluding carboxylic acids is 1. The topological polar surface area (TPSA) is 67.0 Å². The minimum Gasteiger partial charge on any atom is -0.493 e. The van der Waals surface area contributed by atoms with E-state index in [1.807, 2.05) is 24.3 Å². The number of nitrogens with one attached hydrogen (secondary N) is 2. The lowest BCUT2D eigenvalue weighted by Gasteiger charge is -2.25. The Morgan fingerprint density at radius 3 is 3.18 bits per heavy atom. The molecule has 1 aliphatic rings. The van der Waals surface area contributed by atoms with Crippen LogP contribution in [0, 0.1) is 5.92 Å². The summed E-state index contributed by atoms with van der Waals surface area (Å²) in [6, 6.07) is 9.89. The van der Waals surface area contributed by atoms with E-state index in [1.54, 1.807) is 0 Å². The molecule has 0 radical (unpaired) electrons. The van der Waals surface area contributed by atoms with Crippen molar-refractivity contribution in [2.24, 2.45) is 5.92 Å². The number of aromatic nitrogens is 2. The van der Waals surface area contributed by atoms with E-state index in [2.05, 4.69) is 28.5 Å². The van der Waals surface area contributed by atoms with Crippen LogP contribution in [0.4, 0.5) is 0 Å². The normalized spacial score (nSPS) is 16.7. The maximum absolute atomic E-state index is 12.1. The number of hydrogen-bond donors (Lipinski definition) is 2. The summed E-state index contributed by atoms with van der Waals surface area (Å²) in [6.45, 7) is 3.34. The first kappa shape index (κ1) is 14.6. The second-order valence-electron chi connectivity index (χ2n) is 5.73. The predicted molar refractivity (Wildman–Crippen MR) is 84.0 cm³/mol. The third-order valence-corrected chi connectivity index (χ3v) is 3.89. The molecule has 1 amide bonds. The summed E-state index contributed by atoms with van der Waals surface area (Å²) in [7, 11) is 0. The average molecular weight is 299 g/mol. The van der Waals surface area contributed by atoms with Crippen LogP contribution in [0.25, 0.3) is 0 Å². The van der Waals surface area contributed by atoms with Crippen molar-refractivity contribution in [2.75, 3.05) is 13.2 Å². The Labute approximate surface area is 130 Å². The highest BCUT2D eigenvalue weighted by molar-refractivity contribution is 5.92. The molecule has 2 N–H and O–H groups in total. The molecule has 2 aromatic rings. The number of hydrogen-bond acceptors (Lipinski definition) is 3. The van der Waals surface area contributed by atoms with Crippen LogP contribution in [-0.4, -0.2) is 29.3 Å². The number of amides is 1. The lowest BCUT2D eigenvalue weighted by molar-refractivity contribution is 0.0934. The SMILES string of the molecule is CCCc1cc(C(=O)NC[C@H]2COc3ccccc3C2)n[nH]1. The number of ether oxygens (including phenoxy) is 1. The van der Waals surface area contributed by atoms with E-state index >= 15 is 0 Å². The first-order valence-corrected chi connectivity index (χ1v) is 7.79. The highest BCUT2D eigenvalue weighted by atomic mass is 16.5. The fraction of sp³-hybridized carbons (Fsp3) is 0.412. The molecule has 0 unspecified atom stereocenters. The summed E-state index contributed by atoms with van der Waals surface area (Å²) >= 11 is 0. The average Bonchev–Trinajstić information content (AvgIpc) is 3.01. The van der Waals surface area contributed by atoms with Gasteiger partial charge in [0.25, 0.3) is 5.91 Å². The van der Waals surface area contributed by atoms with E-state index in [-0.39, 0.29) is 5.91 Å². The largest absolute Gasteiger partial charge is 0.493 e. The molecule has 2 heterocycles. The van der Waals surface area contributed by atoms with Crippen molar-refractivity contribution in [3.63, 3.8) is 0 Å². The maximum Gasteiger partial charge on any atom is 0.271 e. The zero-order chi connectivity index (χ0) is 15.4. The van der Waals surface area contributed by atoms with Gasteiger partial charge in [0.05, 0.1) is 6.61 Å². The van der Waals surface area contributed by atoms with Gasteiger partial charge in [0.15, 0.2) is 0 Å². The monoisotopic (exact) mass is 299 g/mol. The lowest BCUT2D eigenvalue weighted by Crippen LogP contribution is -2.34. The Balaban J connectivity index is 1.53. The lowest BCUT2D eigenvalue weighted by atomic mass is 9.97. The van der Waals surface area contributed by atoms with Crippen LogP contribution >= 0.6 is 0 Å². The molecule has 0 spiro atoms. The molecule has 1 atom stereocenters. The Morgan fingerprint density at radius 2 is 2.32 bits per heavy atom. The van der Waals surface area contributed by atoms with Gasteiger partial charge in [0.1, 0.15) is 11.4 Å². The van der Waals surface area contributed by atoms with Crippen molar-refractivity contribution >= 4 is 5.91 Å². The molecule has 0 aliphatic carbocycles. The summed E-state index contributed by atoms with van der Waals surface area (Å²) in [5.41, 5.74) is 2.67. The van der Waals surface area contributed by atoms with E-state index < -0.39 is 0 Å². The number of benzene rings is 1. The molecule has 1 aromatic heterocycles. The van der Waals surface area contributed by atoms with Crippen LogP contribution < -0.4 is 10.1 Å². The molecule has 3 rings (SSSR count). The minimum absolute atomic E-state index is 0.127. The summed E-state index contributed by atoms with van der Waals surface area (Å²) in [5.74, 6) is 1.13. The van der Waals surface area contributed by atoms with Crippen LogP contribution in [0.3, 0.4) is 0 Å². The maximum atomic E-state index is 12.1. The van der Waals surface area contributed by atoms with Crippen LogP contribution in [0.2, 0.25) is 0 Å². The van der Waals surface area contributed by atoms with Crippen LogP contribution in [0.15, 0.2) is 30.3 Å². The minimum atomic E-state index is -0.127. The molecule has 0 bridgehead atoms. The molecule has 5 heteroatoms. The van der Waals surface area contributed by atoms with Crippen molar-refractivity contribution in [2.45, 2.75) is 26.2 Å². The zero-order valence-electron chi connectivity index (χ0n) is 12.8. The number of para-hydroxylation sites is 1. The van der Waals surface area contributed by atoms with E-state index in [9.17, 15) is 4.79 Å². The molecular weight excluding hydrogens is 278 g/mol. The second kappa shape index (κ2) is 6.64. The van der Waals surface area contributed by atoms with Gasteiger partial charge in [-0.1, -0.05) is 31.5 Å². The molecule has 0 saturated carbocycles. The molecule has 22 heavy (non-hydrogen) atoms. The Hall–Kier alpha value is -2.30. The van der Waals surface area contributed by atoms with Crippen LogP contribution in [0.1, 0.15) is 35.1 Å². The summed E-state index contributed by atoms with van der Waals surface area (Å²) in [5, 5.41) is 9.92. The van der Waals surface area contributed by atoms with Gasteiger partial charge >= 0.3 is 0 Å². The quantitative estimate of drug-likeness (QED) is 0.890. The van der Waals surface area contributed by atoms with E-state index in [0.29, 0.717) is 24.8 Å². The summed E-state index contributed by atoms with van der Waals surface area (Å²) in [6.07, 6.45) is 2.87. The molecule has 1 aliphatic heterocycles. The second-order valence-corrected chi connectivity index (χ2v) is 5.73. The van der Waals surface area contributed by atoms with E-state index in [1.165, 1.54) is 5.56 Å². The highest BCUT2D eigenvalue weighted by Gasteiger charge is 2.20. The van der Waals surface area contributed by atoms with Gasteiger partial charge < -0.3 is 10.1 Å². The van der Waals surface area contributed by atoms with Gasteiger partial charge in [-0.2, -0.15) is 5.10 Å². The molecule has 5 nitrogen and oxygen atoms in total. The van der Waals surface area contributed by atoms with Crippen LogP contribution in [0.5, 0.6) is 5.75 Å². The number of fused-ring (bicyclic) bond motifs is 1. The number of H-pyrrole nitrogens is 1. The highest BCUT2D eigenvalue weighted by Crippen LogP contribution is 2.26. The van der Waals surface area contributed by atoms with Crippen molar-refractivity contribution < 1.29 is 9.53 Å². The Bertz CT molecular complexity index is 651. The fourth-order valence-corrected chi connectivity index (χ4v) is 2.72. The fourth-order valence-electron chi connectivity index (χ4n) is 2.72. The number of aromatic amines is 1. The van der Waals surface area contributed by atoms with Gasteiger partial charge in [0, 0.05) is 18.2 Å². The number of carbonyl (C=O) groups is 1. The van der Waals surface area contributed by atoms with Gasteiger partial charge in [-0.3, -0.25) is 9.89 Å². The number of nitrogens with zero attached hydrogens (tertiary/aromatic N) is 1. The van der Waals surface area contributed by atoms with Gasteiger partial charge in [-0.05, 0) is 30.5 Å². The van der Waals surface area contributed by atoms with Crippen molar-refractivity contribution in [1.82, 2.24) is 15.5 Å². The van der Waals surface area contributed by atoms with Crippen molar-refractivity contribution in [3.05, 3.63) is 47.3 Å². The molecular formula is C17H21N3O2. The third-order valence-electron chi connectivity index (χ3n) is 3.89. The molecule has 1 aromatic carbocycles. The number of rotatable bonds is 5. The third kappa shape index (κ3) is 3.30. The molecule has 0 fully saturated rings. The van der Waals surface area contributed by atoms with Crippen molar-refractivity contribution in [3.8, 4) is 5.75 Å². The van der Waals surface area contributed by atoms with Gasteiger partial charge in [-0.15, -0.1) is 0 Å². The zero-order valence-corrected chi connectivity index (χ0v) is 12.8. The van der Waals surface area contributed by atoms with Crippen molar-refractivity contribution in [1.29, 1.82) is 0 Å². The standard InChI is InChI=1S/C17H21N3O2/c1-2-5-14-9-15(20-19-14)17(21)18-10-12-8-13-6-3-4-7-16(13)22-11-12/h3-4,6-7,9,12H,2,5,8,10-11H2,1H3,(H,18,21)(H,19,20)/t12-/m0/s1. The van der Waals surface area contributed by atoms with E-state index in [0.717, 1.165) is 30.7 Å². The smallest absolute Gasteiger partial charge is 0.271 e. The Kier molecular flexibility index (Phi) is 4.42. The first-order chi connectivity index (χ1) is 10.8. The van der Waals surface area contributed by atoms with Crippen LogP contribution in [-0.2, 0) is 12.8 Å².